The van der Waals surface area contributed by atoms with Crippen LogP contribution < -0.4 is 9.88 Å². The number of aromatic nitrogens is 1. The number of aryl methyl sites for hydroxylation is 1. The van der Waals surface area contributed by atoms with Crippen LogP contribution in [0.5, 0.6) is 5.75 Å². The van der Waals surface area contributed by atoms with Crippen molar-refractivity contribution in [2.75, 3.05) is 0 Å². The Morgan fingerprint density at radius 2 is 1.65 bits per heavy atom. The number of hydrogen-bond acceptors (Lipinski definition) is 6. The Morgan fingerprint density at radius 3 is 2.19 bits per heavy atom. The normalized spacial score (nSPS) is 11.3. The van der Waals surface area contributed by atoms with Crippen molar-refractivity contribution in [3.05, 3.63) is 66.9 Å². The monoisotopic (exact) mass is 372 g/mol. The third kappa shape index (κ3) is 4.56. The van der Waals surface area contributed by atoms with Gasteiger partial charge < -0.3 is 9.15 Å². The van der Waals surface area contributed by atoms with Crippen LogP contribution in [-0.2, 0) is 21.2 Å². The van der Waals surface area contributed by atoms with E-state index in [1.165, 1.54) is 24.6 Å². The summed E-state index contributed by atoms with van der Waals surface area (Å²) in [7, 11) is -3.71. The van der Waals surface area contributed by atoms with E-state index in [0.717, 1.165) is 11.1 Å². The fourth-order valence-corrected chi connectivity index (χ4v) is 2.84. The smallest absolute Gasteiger partial charge is 0.311 e. The molecule has 26 heavy (non-hydrogen) atoms. The summed E-state index contributed by atoms with van der Waals surface area (Å²) < 4.78 is 32.9. The van der Waals surface area contributed by atoms with Crippen LogP contribution in [-0.4, -0.2) is 19.4 Å². The van der Waals surface area contributed by atoms with Gasteiger partial charge in [0, 0.05) is 6.42 Å². The first kappa shape index (κ1) is 17.8. The molecule has 3 rings (SSSR count). The highest BCUT2D eigenvalue weighted by Crippen LogP contribution is 2.24. The summed E-state index contributed by atoms with van der Waals surface area (Å²) in [5.74, 6) is 0.529. The third-order valence-electron chi connectivity index (χ3n) is 3.63. The Bertz CT molecular complexity index is 979. The molecular formula is C18H16N2O5S. The predicted octanol–water partition coefficient (Wildman–Crippen LogP) is 2.53. The molecule has 0 atom stereocenters. The van der Waals surface area contributed by atoms with Gasteiger partial charge in [0.25, 0.3) is 0 Å². The number of nitrogens with zero attached hydrogens (tertiary/aromatic N) is 1. The molecule has 0 aliphatic carbocycles. The Morgan fingerprint density at radius 1 is 1.04 bits per heavy atom. The Hall–Kier alpha value is -2.97. The van der Waals surface area contributed by atoms with Crippen molar-refractivity contribution >= 4 is 16.0 Å². The molecule has 0 radical (unpaired) electrons. The van der Waals surface area contributed by atoms with Crippen LogP contribution in [0.1, 0.15) is 12.3 Å². The summed E-state index contributed by atoms with van der Waals surface area (Å²) in [6, 6.07) is 13.1. The zero-order valence-electron chi connectivity index (χ0n) is 13.7. The number of ether oxygens (including phenoxy) is 1. The van der Waals surface area contributed by atoms with E-state index in [1.807, 2.05) is 0 Å². The van der Waals surface area contributed by atoms with Gasteiger partial charge in [-0.15, -0.1) is 0 Å². The van der Waals surface area contributed by atoms with Crippen molar-refractivity contribution in [3.8, 4) is 16.9 Å². The molecule has 7 nitrogen and oxygen atoms in total. The number of nitrogens with two attached hydrogens (primary N) is 1. The molecule has 0 unspecified atom stereocenters. The van der Waals surface area contributed by atoms with Crippen molar-refractivity contribution < 1.29 is 22.4 Å². The van der Waals surface area contributed by atoms with E-state index in [9.17, 15) is 13.2 Å². The number of rotatable bonds is 6. The first-order valence-electron chi connectivity index (χ1n) is 7.74. The molecule has 1 aromatic heterocycles. The lowest BCUT2D eigenvalue weighted by Crippen LogP contribution is -2.11. The predicted molar refractivity (Wildman–Crippen MR) is 93.7 cm³/mol. The Labute approximate surface area is 150 Å². The van der Waals surface area contributed by atoms with Crippen LogP contribution in [0.4, 0.5) is 0 Å². The number of benzene rings is 2. The highest BCUT2D eigenvalue weighted by atomic mass is 32.2. The van der Waals surface area contributed by atoms with E-state index in [1.54, 1.807) is 36.4 Å². The highest BCUT2D eigenvalue weighted by Gasteiger charge is 2.09. The minimum Gasteiger partial charge on any atom is -0.449 e. The van der Waals surface area contributed by atoms with E-state index in [2.05, 4.69) is 4.98 Å². The maximum Gasteiger partial charge on any atom is 0.311 e. The molecule has 2 aromatic carbocycles. The summed E-state index contributed by atoms with van der Waals surface area (Å²) in [5.41, 5.74) is 1.67. The van der Waals surface area contributed by atoms with Gasteiger partial charge in [0.05, 0.1) is 17.5 Å². The number of sulfonamides is 1. The summed E-state index contributed by atoms with van der Waals surface area (Å²) in [6.07, 6.45) is 3.52. The first-order chi connectivity index (χ1) is 12.4. The molecule has 0 aliphatic rings. The second-order valence-electron chi connectivity index (χ2n) is 5.49. The SMILES string of the molecule is NS(=O)(=O)c1ccc(-c2ccc(OC(=O)CCc3ncco3)cc2)cc1. The molecule has 0 bridgehead atoms. The Balaban J connectivity index is 1.62. The zero-order valence-corrected chi connectivity index (χ0v) is 14.5. The summed E-state index contributed by atoms with van der Waals surface area (Å²) in [4.78, 5) is 15.8. The molecule has 8 heteroatoms. The van der Waals surface area contributed by atoms with E-state index in [-0.39, 0.29) is 17.3 Å². The molecule has 0 saturated heterocycles. The third-order valence-corrected chi connectivity index (χ3v) is 4.56. The minimum atomic E-state index is -3.71. The fraction of sp³-hybridized carbons (Fsp3) is 0.111. The minimum absolute atomic E-state index is 0.0536. The quantitative estimate of drug-likeness (QED) is 0.525. The van der Waals surface area contributed by atoms with Crippen molar-refractivity contribution in [1.29, 1.82) is 0 Å². The van der Waals surface area contributed by atoms with Gasteiger partial charge in [0.15, 0.2) is 5.89 Å². The molecule has 0 aliphatic heterocycles. The van der Waals surface area contributed by atoms with Crippen molar-refractivity contribution in [3.63, 3.8) is 0 Å². The number of carbonyl (C=O) groups excluding carboxylic acids is 1. The molecule has 1 heterocycles. The average Bonchev–Trinajstić information content (AvgIpc) is 3.14. The van der Waals surface area contributed by atoms with Gasteiger partial charge in [0.1, 0.15) is 12.0 Å². The van der Waals surface area contributed by atoms with E-state index in [4.69, 9.17) is 14.3 Å². The van der Waals surface area contributed by atoms with E-state index in [0.29, 0.717) is 18.1 Å². The standard InChI is InChI=1S/C18H16N2O5S/c19-26(22,23)16-7-3-14(4-8-16)13-1-5-15(6-2-13)25-18(21)10-9-17-20-11-12-24-17/h1-8,11-12H,9-10H2,(H2,19,22,23). The molecule has 2 N–H and O–H groups in total. The second kappa shape index (κ2) is 7.51. The first-order valence-corrected chi connectivity index (χ1v) is 9.29. The van der Waals surface area contributed by atoms with Gasteiger partial charge in [-0.1, -0.05) is 24.3 Å². The maximum absolute atomic E-state index is 11.8. The van der Waals surface area contributed by atoms with Crippen LogP contribution in [0.15, 0.2) is 70.3 Å². The second-order valence-corrected chi connectivity index (χ2v) is 7.06. The number of primary sulfonamides is 1. The van der Waals surface area contributed by atoms with Crippen molar-refractivity contribution in [2.24, 2.45) is 5.14 Å². The number of oxazole rings is 1. The summed E-state index contributed by atoms with van der Waals surface area (Å²) >= 11 is 0. The summed E-state index contributed by atoms with van der Waals surface area (Å²) in [5, 5.41) is 5.08. The lowest BCUT2D eigenvalue weighted by Gasteiger charge is -2.06. The van der Waals surface area contributed by atoms with E-state index < -0.39 is 10.0 Å². The fourth-order valence-electron chi connectivity index (χ4n) is 2.32. The van der Waals surface area contributed by atoms with Crippen LogP contribution in [0, 0.1) is 0 Å². The zero-order chi connectivity index (χ0) is 18.6. The molecule has 134 valence electrons. The maximum atomic E-state index is 11.8. The van der Waals surface area contributed by atoms with Crippen LogP contribution in [0.3, 0.4) is 0 Å². The lowest BCUT2D eigenvalue weighted by atomic mass is 10.1. The molecular weight excluding hydrogens is 356 g/mol. The number of esters is 1. The van der Waals surface area contributed by atoms with Crippen molar-refractivity contribution in [1.82, 2.24) is 4.98 Å². The van der Waals surface area contributed by atoms with Gasteiger partial charge in [-0.2, -0.15) is 0 Å². The van der Waals surface area contributed by atoms with Gasteiger partial charge in [-0.25, -0.2) is 18.5 Å². The summed E-state index contributed by atoms with van der Waals surface area (Å²) in [6.45, 7) is 0. The average molecular weight is 372 g/mol. The highest BCUT2D eigenvalue weighted by molar-refractivity contribution is 7.89. The van der Waals surface area contributed by atoms with Crippen LogP contribution in [0.25, 0.3) is 11.1 Å². The van der Waals surface area contributed by atoms with Gasteiger partial charge in [-0.05, 0) is 35.4 Å². The molecule has 0 saturated carbocycles. The number of carbonyl (C=O) groups is 1. The molecule has 0 spiro atoms. The number of hydrogen-bond donors (Lipinski definition) is 1. The molecule has 0 amide bonds. The van der Waals surface area contributed by atoms with Gasteiger partial charge in [0.2, 0.25) is 10.0 Å². The lowest BCUT2D eigenvalue weighted by molar-refractivity contribution is -0.134. The molecule has 0 fully saturated rings. The van der Waals surface area contributed by atoms with Crippen molar-refractivity contribution in [2.45, 2.75) is 17.7 Å². The van der Waals surface area contributed by atoms with Gasteiger partial charge >= 0.3 is 5.97 Å². The largest absolute Gasteiger partial charge is 0.449 e. The van der Waals surface area contributed by atoms with Crippen LogP contribution in [0.2, 0.25) is 0 Å². The Kier molecular flexibility index (Phi) is 5.15. The molecule has 3 aromatic rings. The topological polar surface area (TPSA) is 112 Å². The van der Waals surface area contributed by atoms with E-state index >= 15 is 0 Å². The van der Waals surface area contributed by atoms with Crippen LogP contribution >= 0.6 is 0 Å². The van der Waals surface area contributed by atoms with Gasteiger partial charge in [-0.3, -0.25) is 4.79 Å².